The fourth-order valence-corrected chi connectivity index (χ4v) is 1.80. The summed E-state index contributed by atoms with van der Waals surface area (Å²) in [6, 6.07) is 8.75. The molecule has 0 saturated carbocycles. The molecule has 1 aromatic heterocycles. The van der Waals surface area contributed by atoms with Gasteiger partial charge in [0.05, 0.1) is 0 Å². The second kappa shape index (κ2) is 5.46. The van der Waals surface area contributed by atoms with Gasteiger partial charge in [-0.25, -0.2) is 0 Å². The SMILES string of the molecule is CC(C)(CO)CNC(=O)c1cc2ccccc2c(=O)[nH]1. The number of pyridine rings is 1. The van der Waals surface area contributed by atoms with Crippen LogP contribution in [0.2, 0.25) is 0 Å². The molecule has 20 heavy (non-hydrogen) atoms. The summed E-state index contributed by atoms with van der Waals surface area (Å²) in [6.45, 7) is 3.99. The summed E-state index contributed by atoms with van der Waals surface area (Å²) >= 11 is 0. The Morgan fingerprint density at radius 3 is 2.75 bits per heavy atom. The molecule has 0 spiro atoms. The highest BCUT2D eigenvalue weighted by Crippen LogP contribution is 2.12. The first-order chi connectivity index (χ1) is 9.43. The summed E-state index contributed by atoms with van der Waals surface area (Å²) < 4.78 is 0. The van der Waals surface area contributed by atoms with Crippen molar-refractivity contribution in [1.82, 2.24) is 10.3 Å². The van der Waals surface area contributed by atoms with Gasteiger partial charge in [-0.2, -0.15) is 0 Å². The summed E-state index contributed by atoms with van der Waals surface area (Å²) in [7, 11) is 0. The van der Waals surface area contributed by atoms with E-state index in [0.717, 1.165) is 5.39 Å². The van der Waals surface area contributed by atoms with Crippen molar-refractivity contribution in [2.75, 3.05) is 13.2 Å². The maximum Gasteiger partial charge on any atom is 0.267 e. The van der Waals surface area contributed by atoms with Crippen LogP contribution in [0.5, 0.6) is 0 Å². The minimum Gasteiger partial charge on any atom is -0.396 e. The average molecular weight is 274 g/mol. The molecular formula is C15H18N2O3. The van der Waals surface area contributed by atoms with Crippen LogP contribution in [0.3, 0.4) is 0 Å². The number of aliphatic hydroxyl groups excluding tert-OH is 1. The topological polar surface area (TPSA) is 82.2 Å². The van der Waals surface area contributed by atoms with Crippen LogP contribution in [0.25, 0.3) is 10.8 Å². The zero-order chi connectivity index (χ0) is 14.8. The zero-order valence-corrected chi connectivity index (χ0v) is 11.6. The molecule has 0 aliphatic heterocycles. The largest absolute Gasteiger partial charge is 0.396 e. The molecule has 0 atom stereocenters. The van der Waals surface area contributed by atoms with Crippen LogP contribution in [0, 0.1) is 5.41 Å². The fraction of sp³-hybridized carbons (Fsp3) is 0.333. The van der Waals surface area contributed by atoms with E-state index in [1.54, 1.807) is 24.3 Å². The smallest absolute Gasteiger partial charge is 0.267 e. The van der Waals surface area contributed by atoms with Crippen LogP contribution in [-0.4, -0.2) is 29.1 Å². The van der Waals surface area contributed by atoms with Crippen molar-refractivity contribution in [3.63, 3.8) is 0 Å². The predicted molar refractivity (Wildman–Crippen MR) is 77.8 cm³/mol. The highest BCUT2D eigenvalue weighted by atomic mass is 16.3. The summed E-state index contributed by atoms with van der Waals surface area (Å²) in [6.07, 6.45) is 0. The number of H-pyrrole nitrogens is 1. The lowest BCUT2D eigenvalue weighted by molar-refractivity contribution is 0.0906. The Labute approximate surface area is 116 Å². The van der Waals surface area contributed by atoms with Crippen molar-refractivity contribution in [3.05, 3.63) is 46.4 Å². The molecule has 2 rings (SSSR count). The molecule has 1 heterocycles. The normalized spacial score (nSPS) is 11.6. The summed E-state index contributed by atoms with van der Waals surface area (Å²) in [5.74, 6) is -0.352. The molecule has 5 heteroatoms. The van der Waals surface area contributed by atoms with E-state index in [9.17, 15) is 9.59 Å². The lowest BCUT2D eigenvalue weighted by atomic mass is 9.95. The van der Waals surface area contributed by atoms with Crippen LogP contribution in [0.4, 0.5) is 0 Å². The van der Waals surface area contributed by atoms with E-state index in [0.29, 0.717) is 11.9 Å². The first-order valence-electron chi connectivity index (χ1n) is 6.44. The number of aromatic nitrogens is 1. The molecule has 5 nitrogen and oxygen atoms in total. The van der Waals surface area contributed by atoms with Crippen LogP contribution in [-0.2, 0) is 0 Å². The van der Waals surface area contributed by atoms with Crippen LogP contribution >= 0.6 is 0 Å². The third-order valence-corrected chi connectivity index (χ3v) is 3.15. The fourth-order valence-electron chi connectivity index (χ4n) is 1.80. The van der Waals surface area contributed by atoms with E-state index in [1.807, 2.05) is 19.9 Å². The van der Waals surface area contributed by atoms with Gasteiger partial charge in [0, 0.05) is 24.0 Å². The first-order valence-corrected chi connectivity index (χ1v) is 6.44. The van der Waals surface area contributed by atoms with Gasteiger partial charge in [0.15, 0.2) is 0 Å². The van der Waals surface area contributed by atoms with Crippen molar-refractivity contribution in [1.29, 1.82) is 0 Å². The van der Waals surface area contributed by atoms with Gasteiger partial charge in [0.2, 0.25) is 0 Å². The van der Waals surface area contributed by atoms with Crippen molar-refractivity contribution >= 4 is 16.7 Å². The highest BCUT2D eigenvalue weighted by Gasteiger charge is 2.18. The molecule has 2 aromatic rings. The molecule has 1 aromatic carbocycles. The van der Waals surface area contributed by atoms with E-state index in [2.05, 4.69) is 10.3 Å². The van der Waals surface area contributed by atoms with Gasteiger partial charge in [-0.3, -0.25) is 9.59 Å². The lowest BCUT2D eigenvalue weighted by Crippen LogP contribution is -2.36. The molecule has 0 radical (unpaired) electrons. The van der Waals surface area contributed by atoms with E-state index in [4.69, 9.17) is 5.11 Å². The number of aliphatic hydroxyl groups is 1. The van der Waals surface area contributed by atoms with Gasteiger partial charge in [-0.15, -0.1) is 0 Å². The number of benzene rings is 1. The van der Waals surface area contributed by atoms with Gasteiger partial charge >= 0.3 is 0 Å². The number of carbonyl (C=O) groups is 1. The van der Waals surface area contributed by atoms with Gasteiger partial charge < -0.3 is 15.4 Å². The molecular weight excluding hydrogens is 256 g/mol. The third-order valence-electron chi connectivity index (χ3n) is 3.15. The number of aromatic amines is 1. The Hall–Kier alpha value is -2.14. The van der Waals surface area contributed by atoms with Crippen LogP contribution in [0.1, 0.15) is 24.3 Å². The van der Waals surface area contributed by atoms with Gasteiger partial charge in [-0.1, -0.05) is 32.0 Å². The van der Waals surface area contributed by atoms with Crippen LogP contribution < -0.4 is 10.9 Å². The monoisotopic (exact) mass is 274 g/mol. The third kappa shape index (κ3) is 3.05. The number of amides is 1. The number of rotatable bonds is 4. The predicted octanol–water partition coefficient (Wildman–Crippen LogP) is 1.28. The maximum absolute atomic E-state index is 12.0. The number of hydrogen-bond donors (Lipinski definition) is 3. The van der Waals surface area contributed by atoms with Crippen molar-refractivity contribution in [3.8, 4) is 0 Å². The van der Waals surface area contributed by atoms with Crippen molar-refractivity contribution in [2.45, 2.75) is 13.8 Å². The number of carbonyl (C=O) groups excluding carboxylic acids is 1. The second-order valence-electron chi connectivity index (χ2n) is 5.60. The molecule has 1 amide bonds. The Kier molecular flexibility index (Phi) is 3.90. The molecule has 0 aliphatic rings. The van der Waals surface area contributed by atoms with E-state index < -0.39 is 5.41 Å². The minimum atomic E-state index is -0.396. The van der Waals surface area contributed by atoms with Gasteiger partial charge in [-0.05, 0) is 17.5 Å². The molecule has 3 N–H and O–H groups in total. The Morgan fingerprint density at radius 1 is 1.35 bits per heavy atom. The summed E-state index contributed by atoms with van der Waals surface area (Å²) in [5.41, 5.74) is -0.454. The molecule has 106 valence electrons. The molecule has 0 fully saturated rings. The second-order valence-corrected chi connectivity index (χ2v) is 5.60. The maximum atomic E-state index is 12.0. The number of hydrogen-bond acceptors (Lipinski definition) is 3. The van der Waals surface area contributed by atoms with Crippen molar-refractivity contribution in [2.24, 2.45) is 5.41 Å². The average Bonchev–Trinajstić information content (AvgIpc) is 2.45. The zero-order valence-electron chi connectivity index (χ0n) is 11.6. The number of fused-ring (bicyclic) bond motifs is 1. The standard InChI is InChI=1S/C15H18N2O3/c1-15(2,9-18)8-16-14(20)12-7-10-5-3-4-6-11(10)13(19)17-12/h3-7,18H,8-9H2,1-2H3,(H,16,20)(H,17,19). The lowest BCUT2D eigenvalue weighted by Gasteiger charge is -2.21. The van der Waals surface area contributed by atoms with Crippen molar-refractivity contribution < 1.29 is 9.90 Å². The Balaban J connectivity index is 2.25. The first kappa shape index (κ1) is 14.3. The molecule has 0 bridgehead atoms. The van der Waals surface area contributed by atoms with E-state index >= 15 is 0 Å². The number of nitrogens with one attached hydrogen (secondary N) is 2. The molecule has 0 saturated heterocycles. The van der Waals surface area contributed by atoms with E-state index in [1.165, 1.54) is 0 Å². The summed E-state index contributed by atoms with van der Waals surface area (Å²) in [5, 5.41) is 13.1. The Bertz CT molecular complexity index is 689. The minimum absolute atomic E-state index is 0.0263. The molecule has 0 aliphatic carbocycles. The Morgan fingerprint density at radius 2 is 2.05 bits per heavy atom. The summed E-state index contributed by atoms with van der Waals surface area (Å²) in [4.78, 5) is 26.5. The van der Waals surface area contributed by atoms with Gasteiger partial charge in [0.25, 0.3) is 11.5 Å². The van der Waals surface area contributed by atoms with E-state index in [-0.39, 0.29) is 23.8 Å². The molecule has 0 unspecified atom stereocenters. The van der Waals surface area contributed by atoms with Crippen LogP contribution in [0.15, 0.2) is 35.1 Å². The quantitative estimate of drug-likeness (QED) is 0.785. The highest BCUT2D eigenvalue weighted by molar-refractivity contribution is 5.96. The van der Waals surface area contributed by atoms with Gasteiger partial charge in [0.1, 0.15) is 5.69 Å².